The van der Waals surface area contributed by atoms with E-state index in [-0.39, 0.29) is 6.61 Å². The van der Waals surface area contributed by atoms with Crippen molar-refractivity contribution in [2.45, 2.75) is 46.1 Å². The van der Waals surface area contributed by atoms with Crippen LogP contribution in [0.15, 0.2) is 0 Å². The molecule has 0 spiro atoms. The molecule has 1 atom stereocenters. The van der Waals surface area contributed by atoms with Gasteiger partial charge in [0.2, 0.25) is 0 Å². The average Bonchev–Trinajstić information content (AvgIpc) is 2.64. The summed E-state index contributed by atoms with van der Waals surface area (Å²) in [6.07, 6.45) is 3.68. The van der Waals surface area contributed by atoms with Gasteiger partial charge in [-0.2, -0.15) is 0 Å². The smallest absolute Gasteiger partial charge is 0.0702 e. The molecule has 0 saturated carbocycles. The highest BCUT2D eigenvalue weighted by atomic mass is 16.5. The molecule has 1 aliphatic heterocycles. The Hall–Kier alpha value is -0.120. The molecule has 3 nitrogen and oxygen atoms in total. The van der Waals surface area contributed by atoms with Crippen LogP contribution in [-0.2, 0) is 4.74 Å². The molecule has 0 aliphatic carbocycles. The minimum atomic E-state index is 0.284. The van der Waals surface area contributed by atoms with Crippen molar-refractivity contribution < 1.29 is 9.84 Å². The van der Waals surface area contributed by atoms with Crippen molar-refractivity contribution >= 4 is 0 Å². The summed E-state index contributed by atoms with van der Waals surface area (Å²) in [5.74, 6) is 0. The van der Waals surface area contributed by atoms with Crippen LogP contribution < -0.4 is 0 Å². The van der Waals surface area contributed by atoms with Gasteiger partial charge >= 0.3 is 0 Å². The Balaban J connectivity index is 2.35. The Morgan fingerprint density at radius 2 is 2.12 bits per heavy atom. The molecular formula is C13H27NO2. The molecule has 0 aromatic rings. The van der Waals surface area contributed by atoms with Crippen LogP contribution in [0.3, 0.4) is 0 Å². The number of ether oxygens (including phenoxy) is 1. The van der Waals surface area contributed by atoms with Gasteiger partial charge in [-0.25, -0.2) is 0 Å². The standard InChI is InChI=1S/C13H27NO2/c1-13(2,3)11-14(7-5-8-15)10-12-6-4-9-16-12/h12,15H,4-11H2,1-3H3. The summed E-state index contributed by atoms with van der Waals surface area (Å²) in [5.41, 5.74) is 0.314. The first-order valence-corrected chi connectivity index (χ1v) is 6.46. The van der Waals surface area contributed by atoms with Gasteiger partial charge in [0.05, 0.1) is 6.10 Å². The quantitative estimate of drug-likeness (QED) is 0.755. The highest BCUT2D eigenvalue weighted by molar-refractivity contribution is 4.74. The largest absolute Gasteiger partial charge is 0.396 e. The maximum absolute atomic E-state index is 8.92. The molecular weight excluding hydrogens is 202 g/mol. The molecule has 16 heavy (non-hydrogen) atoms. The van der Waals surface area contributed by atoms with E-state index in [9.17, 15) is 0 Å². The van der Waals surface area contributed by atoms with E-state index in [1.165, 1.54) is 12.8 Å². The van der Waals surface area contributed by atoms with Crippen molar-refractivity contribution in [2.24, 2.45) is 5.41 Å². The fraction of sp³-hybridized carbons (Fsp3) is 1.00. The van der Waals surface area contributed by atoms with E-state index in [0.717, 1.165) is 32.7 Å². The molecule has 1 unspecified atom stereocenters. The zero-order chi connectivity index (χ0) is 12.0. The van der Waals surface area contributed by atoms with Crippen molar-refractivity contribution in [3.63, 3.8) is 0 Å². The second-order valence-corrected chi connectivity index (χ2v) is 6.01. The zero-order valence-electron chi connectivity index (χ0n) is 11.0. The van der Waals surface area contributed by atoms with Crippen LogP contribution in [0.1, 0.15) is 40.0 Å². The van der Waals surface area contributed by atoms with Crippen LogP contribution in [-0.4, -0.2) is 49.0 Å². The first-order valence-electron chi connectivity index (χ1n) is 6.46. The third-order valence-electron chi connectivity index (χ3n) is 2.82. The highest BCUT2D eigenvalue weighted by Gasteiger charge is 2.22. The van der Waals surface area contributed by atoms with E-state index in [2.05, 4.69) is 25.7 Å². The lowest BCUT2D eigenvalue weighted by atomic mass is 9.95. The Labute approximate surface area is 99.8 Å². The second-order valence-electron chi connectivity index (χ2n) is 6.01. The Kier molecular flexibility index (Phi) is 5.73. The average molecular weight is 229 g/mol. The van der Waals surface area contributed by atoms with E-state index >= 15 is 0 Å². The molecule has 1 saturated heterocycles. The predicted molar refractivity (Wildman–Crippen MR) is 66.6 cm³/mol. The van der Waals surface area contributed by atoms with Gasteiger partial charge in [-0.05, 0) is 24.7 Å². The topological polar surface area (TPSA) is 32.7 Å². The Morgan fingerprint density at radius 3 is 2.62 bits per heavy atom. The zero-order valence-corrected chi connectivity index (χ0v) is 11.0. The van der Waals surface area contributed by atoms with Crippen molar-refractivity contribution in [2.75, 3.05) is 32.8 Å². The van der Waals surface area contributed by atoms with E-state index < -0.39 is 0 Å². The van der Waals surface area contributed by atoms with Gasteiger partial charge in [0, 0.05) is 32.8 Å². The fourth-order valence-corrected chi connectivity index (χ4v) is 2.28. The van der Waals surface area contributed by atoms with Crippen molar-refractivity contribution in [1.82, 2.24) is 4.90 Å². The van der Waals surface area contributed by atoms with Gasteiger partial charge in [-0.1, -0.05) is 20.8 Å². The first-order chi connectivity index (χ1) is 7.51. The molecule has 1 heterocycles. The van der Waals surface area contributed by atoms with E-state index in [0.29, 0.717) is 11.5 Å². The number of nitrogens with zero attached hydrogens (tertiary/aromatic N) is 1. The summed E-state index contributed by atoms with van der Waals surface area (Å²) in [6, 6.07) is 0. The lowest BCUT2D eigenvalue weighted by Crippen LogP contribution is -2.39. The van der Waals surface area contributed by atoms with Crippen molar-refractivity contribution in [1.29, 1.82) is 0 Å². The second kappa shape index (κ2) is 6.58. The van der Waals surface area contributed by atoms with Gasteiger partial charge in [0.25, 0.3) is 0 Å². The van der Waals surface area contributed by atoms with Crippen LogP contribution in [0, 0.1) is 5.41 Å². The predicted octanol–water partition coefficient (Wildman–Crippen LogP) is 1.90. The molecule has 1 N–H and O–H groups in total. The number of hydrogen-bond acceptors (Lipinski definition) is 3. The molecule has 0 bridgehead atoms. The van der Waals surface area contributed by atoms with Gasteiger partial charge < -0.3 is 14.7 Å². The number of hydrogen-bond donors (Lipinski definition) is 1. The van der Waals surface area contributed by atoms with Crippen LogP contribution in [0.5, 0.6) is 0 Å². The Bertz CT molecular complexity index is 183. The van der Waals surface area contributed by atoms with Crippen LogP contribution in [0.4, 0.5) is 0 Å². The summed E-state index contributed by atoms with van der Waals surface area (Å²) >= 11 is 0. The fourth-order valence-electron chi connectivity index (χ4n) is 2.28. The molecule has 0 radical (unpaired) electrons. The summed E-state index contributed by atoms with van der Waals surface area (Å²) in [7, 11) is 0. The molecule has 0 aromatic carbocycles. The van der Waals surface area contributed by atoms with Crippen LogP contribution >= 0.6 is 0 Å². The minimum Gasteiger partial charge on any atom is -0.396 e. The Morgan fingerprint density at radius 1 is 1.38 bits per heavy atom. The van der Waals surface area contributed by atoms with E-state index in [1.54, 1.807) is 0 Å². The summed E-state index contributed by atoms with van der Waals surface area (Å²) in [5, 5.41) is 8.92. The van der Waals surface area contributed by atoms with Crippen LogP contribution in [0.25, 0.3) is 0 Å². The van der Waals surface area contributed by atoms with Gasteiger partial charge in [0.1, 0.15) is 0 Å². The summed E-state index contributed by atoms with van der Waals surface area (Å²) in [6.45, 7) is 11.1. The molecule has 96 valence electrons. The molecule has 3 heteroatoms. The van der Waals surface area contributed by atoms with Crippen molar-refractivity contribution in [3.8, 4) is 0 Å². The lowest BCUT2D eigenvalue weighted by Gasteiger charge is -2.31. The number of aliphatic hydroxyl groups is 1. The maximum atomic E-state index is 8.92. The molecule has 1 rings (SSSR count). The molecule has 0 amide bonds. The van der Waals surface area contributed by atoms with Gasteiger partial charge in [-0.3, -0.25) is 0 Å². The van der Waals surface area contributed by atoms with E-state index in [4.69, 9.17) is 9.84 Å². The van der Waals surface area contributed by atoms with Gasteiger partial charge in [0.15, 0.2) is 0 Å². The first kappa shape index (κ1) is 13.9. The number of aliphatic hydroxyl groups excluding tert-OH is 1. The monoisotopic (exact) mass is 229 g/mol. The lowest BCUT2D eigenvalue weighted by molar-refractivity contribution is 0.0586. The van der Waals surface area contributed by atoms with Crippen molar-refractivity contribution in [3.05, 3.63) is 0 Å². The molecule has 0 aromatic heterocycles. The third kappa shape index (κ3) is 5.83. The normalized spacial score (nSPS) is 21.9. The third-order valence-corrected chi connectivity index (χ3v) is 2.82. The van der Waals surface area contributed by atoms with Crippen LogP contribution in [0.2, 0.25) is 0 Å². The SMILES string of the molecule is CC(C)(C)CN(CCCO)CC1CCCO1. The van der Waals surface area contributed by atoms with E-state index in [1.807, 2.05) is 0 Å². The van der Waals surface area contributed by atoms with Gasteiger partial charge in [-0.15, -0.1) is 0 Å². The number of rotatable bonds is 6. The summed E-state index contributed by atoms with van der Waals surface area (Å²) < 4.78 is 5.67. The maximum Gasteiger partial charge on any atom is 0.0702 e. The molecule has 1 aliphatic rings. The molecule has 1 fully saturated rings. The highest BCUT2D eigenvalue weighted by Crippen LogP contribution is 2.19. The minimum absolute atomic E-state index is 0.284. The summed E-state index contributed by atoms with van der Waals surface area (Å²) in [4.78, 5) is 2.44.